The van der Waals surface area contributed by atoms with Gasteiger partial charge in [-0.25, -0.2) is 4.39 Å². The Morgan fingerprint density at radius 3 is 2.85 bits per heavy atom. The van der Waals surface area contributed by atoms with Crippen molar-refractivity contribution in [3.05, 3.63) is 44.5 Å². The Morgan fingerprint density at radius 2 is 2.15 bits per heavy atom. The molecule has 7 nitrogen and oxygen atoms in total. The first-order chi connectivity index (χ1) is 15.7. The SMILES string of the molecule is Cc1nnc2n1CC(C)(C)Cc1c-2sc(Nc2ccc(I)cc2F)c1C(=O)NC1CCNC1.Cl. The zero-order valence-corrected chi connectivity index (χ0v) is 23.0. The molecule has 1 fully saturated rings. The maximum Gasteiger partial charge on any atom is 0.254 e. The second-order valence-corrected chi connectivity index (χ2v) is 11.8. The predicted octanol–water partition coefficient (Wildman–Crippen LogP) is 4.90. The van der Waals surface area contributed by atoms with E-state index >= 15 is 0 Å². The lowest BCUT2D eigenvalue weighted by molar-refractivity contribution is 0.0940. The van der Waals surface area contributed by atoms with Crippen molar-refractivity contribution < 1.29 is 9.18 Å². The fourth-order valence-corrected chi connectivity index (χ4v) is 6.27. The summed E-state index contributed by atoms with van der Waals surface area (Å²) < 4.78 is 17.7. The first kappa shape index (κ1) is 25.3. The zero-order valence-electron chi connectivity index (χ0n) is 19.2. The molecular formula is C23H27ClFIN6OS. The van der Waals surface area contributed by atoms with E-state index in [-0.39, 0.29) is 35.6 Å². The molecule has 11 heteroatoms. The minimum atomic E-state index is -0.351. The largest absolute Gasteiger partial charge is 0.348 e. The highest BCUT2D eigenvalue weighted by Gasteiger charge is 2.36. The first-order valence-corrected chi connectivity index (χ1v) is 12.9. The van der Waals surface area contributed by atoms with E-state index in [0.29, 0.717) is 22.7 Å². The number of aromatic nitrogens is 3. The van der Waals surface area contributed by atoms with Gasteiger partial charge in [-0.15, -0.1) is 33.9 Å². The monoisotopic (exact) mass is 616 g/mol. The zero-order chi connectivity index (χ0) is 23.3. The van der Waals surface area contributed by atoms with Crippen molar-refractivity contribution in [2.24, 2.45) is 5.41 Å². The number of carbonyl (C=O) groups is 1. The minimum absolute atomic E-state index is 0. The number of carbonyl (C=O) groups excluding carboxylic acids is 1. The van der Waals surface area contributed by atoms with Gasteiger partial charge in [-0.05, 0) is 78.1 Å². The Balaban J connectivity index is 0.00000274. The molecule has 1 saturated heterocycles. The minimum Gasteiger partial charge on any atom is -0.348 e. The van der Waals surface area contributed by atoms with Gasteiger partial charge in [-0.2, -0.15) is 0 Å². The number of halogens is 3. The van der Waals surface area contributed by atoms with Crippen LogP contribution in [-0.4, -0.2) is 39.8 Å². The number of amides is 1. The molecule has 0 aliphatic carbocycles. The number of benzene rings is 1. The predicted molar refractivity (Wildman–Crippen MR) is 144 cm³/mol. The van der Waals surface area contributed by atoms with E-state index in [4.69, 9.17) is 0 Å². The van der Waals surface area contributed by atoms with Crippen molar-refractivity contribution in [3.63, 3.8) is 0 Å². The Hall–Kier alpha value is -1.76. The van der Waals surface area contributed by atoms with Crippen LogP contribution in [0.1, 0.15) is 42.0 Å². The molecule has 0 bridgehead atoms. The number of nitrogens with zero attached hydrogens (tertiary/aromatic N) is 3. The van der Waals surface area contributed by atoms with Crippen LogP contribution in [0.25, 0.3) is 10.7 Å². The highest BCUT2D eigenvalue weighted by Crippen LogP contribution is 2.46. The van der Waals surface area contributed by atoms with Crippen molar-refractivity contribution in [1.29, 1.82) is 0 Å². The Kier molecular flexibility index (Phi) is 7.24. The van der Waals surface area contributed by atoms with E-state index in [0.717, 1.165) is 51.7 Å². The highest BCUT2D eigenvalue weighted by atomic mass is 127. The number of fused-ring (bicyclic) bond motifs is 3. The molecule has 2 aromatic heterocycles. The van der Waals surface area contributed by atoms with Crippen molar-refractivity contribution >= 4 is 62.9 Å². The van der Waals surface area contributed by atoms with Crippen molar-refractivity contribution in [2.45, 2.75) is 46.2 Å². The molecule has 0 spiro atoms. The first-order valence-electron chi connectivity index (χ1n) is 11.0. The fourth-order valence-electron chi connectivity index (χ4n) is 4.59. The van der Waals surface area contributed by atoms with Crippen molar-refractivity contribution in [1.82, 2.24) is 25.4 Å². The van der Waals surface area contributed by atoms with Crippen molar-refractivity contribution in [3.8, 4) is 10.7 Å². The Bertz CT molecular complexity index is 1240. The molecule has 3 N–H and O–H groups in total. The lowest BCUT2D eigenvalue weighted by Gasteiger charge is -2.24. The third-order valence-electron chi connectivity index (χ3n) is 6.19. The van der Waals surface area contributed by atoms with Gasteiger partial charge in [0, 0.05) is 22.7 Å². The van der Waals surface area contributed by atoms with Crippen LogP contribution in [-0.2, 0) is 13.0 Å². The standard InChI is InChI=1S/C23H26FIN6OS.ClH/c1-12-29-30-20-19-15(9-23(2,3)11-31(12)20)18(21(32)27-14-6-7-26-10-14)22(33-19)28-17-5-4-13(25)8-16(17)24;/h4-5,8,14,26,28H,6-7,9-11H2,1-3H3,(H,27,32);1H. The van der Waals surface area contributed by atoms with Crippen molar-refractivity contribution in [2.75, 3.05) is 18.4 Å². The summed E-state index contributed by atoms with van der Waals surface area (Å²) in [6, 6.07) is 5.12. The molecule has 1 aromatic carbocycles. The number of thiophene rings is 1. The second-order valence-electron chi connectivity index (χ2n) is 9.52. The summed E-state index contributed by atoms with van der Waals surface area (Å²) in [5, 5.41) is 19.1. The van der Waals surface area contributed by atoms with Crippen LogP contribution in [0.4, 0.5) is 15.1 Å². The Morgan fingerprint density at radius 1 is 1.35 bits per heavy atom. The molecule has 1 unspecified atom stereocenters. The number of rotatable bonds is 4. The average Bonchev–Trinajstić information content (AvgIpc) is 3.43. The number of hydrogen-bond acceptors (Lipinski definition) is 6. The molecular weight excluding hydrogens is 590 g/mol. The van der Waals surface area contributed by atoms with E-state index in [2.05, 4.69) is 67.2 Å². The van der Waals surface area contributed by atoms with Gasteiger partial charge in [0.1, 0.15) is 16.6 Å². The third kappa shape index (κ3) is 4.82. The molecule has 2 aliphatic heterocycles. The molecule has 182 valence electrons. The smallest absolute Gasteiger partial charge is 0.254 e. The third-order valence-corrected chi connectivity index (χ3v) is 8.00. The molecule has 3 aromatic rings. The van der Waals surface area contributed by atoms with Gasteiger partial charge in [0.05, 0.1) is 16.1 Å². The summed E-state index contributed by atoms with van der Waals surface area (Å²) in [5.41, 5.74) is 1.78. The number of nitrogens with one attached hydrogen (secondary N) is 3. The molecule has 34 heavy (non-hydrogen) atoms. The molecule has 1 atom stereocenters. The van der Waals surface area contributed by atoms with Crippen LogP contribution in [0.3, 0.4) is 0 Å². The van der Waals surface area contributed by atoms with E-state index in [1.807, 2.05) is 13.0 Å². The van der Waals surface area contributed by atoms with Crippen LogP contribution in [0.2, 0.25) is 0 Å². The van der Waals surface area contributed by atoms with Gasteiger partial charge in [-0.1, -0.05) is 13.8 Å². The summed E-state index contributed by atoms with van der Waals surface area (Å²) in [5.74, 6) is 1.14. The molecule has 0 saturated carbocycles. The average molecular weight is 617 g/mol. The normalized spacial score (nSPS) is 18.4. The van der Waals surface area contributed by atoms with E-state index in [1.54, 1.807) is 6.07 Å². The van der Waals surface area contributed by atoms with Crippen LogP contribution >= 0.6 is 46.3 Å². The van der Waals surface area contributed by atoms with Gasteiger partial charge in [0.15, 0.2) is 5.82 Å². The van der Waals surface area contributed by atoms with Gasteiger partial charge < -0.3 is 20.5 Å². The maximum atomic E-state index is 14.7. The van der Waals surface area contributed by atoms with E-state index in [9.17, 15) is 9.18 Å². The highest BCUT2D eigenvalue weighted by molar-refractivity contribution is 14.1. The quantitative estimate of drug-likeness (QED) is 0.364. The van der Waals surface area contributed by atoms with Gasteiger partial charge in [0.25, 0.3) is 5.91 Å². The van der Waals surface area contributed by atoms with Crippen LogP contribution in [0.5, 0.6) is 0 Å². The molecule has 1 amide bonds. The number of anilines is 2. The summed E-state index contributed by atoms with van der Waals surface area (Å²) in [6.45, 7) is 8.75. The summed E-state index contributed by atoms with van der Waals surface area (Å²) >= 11 is 3.53. The van der Waals surface area contributed by atoms with E-state index < -0.39 is 0 Å². The van der Waals surface area contributed by atoms with Crippen LogP contribution in [0, 0.1) is 21.7 Å². The fraction of sp³-hybridized carbons (Fsp3) is 0.435. The van der Waals surface area contributed by atoms with Gasteiger partial charge in [-0.3, -0.25) is 4.79 Å². The number of aryl methyl sites for hydroxylation is 1. The molecule has 0 radical (unpaired) electrons. The molecule has 5 rings (SSSR count). The van der Waals surface area contributed by atoms with Crippen LogP contribution < -0.4 is 16.0 Å². The number of hydrogen-bond donors (Lipinski definition) is 3. The van der Waals surface area contributed by atoms with Gasteiger partial charge in [0.2, 0.25) is 0 Å². The van der Waals surface area contributed by atoms with Crippen LogP contribution in [0.15, 0.2) is 18.2 Å². The van der Waals surface area contributed by atoms with E-state index in [1.165, 1.54) is 17.4 Å². The molecule has 4 heterocycles. The van der Waals surface area contributed by atoms with Gasteiger partial charge >= 0.3 is 0 Å². The second kappa shape index (κ2) is 9.71. The summed E-state index contributed by atoms with van der Waals surface area (Å²) in [4.78, 5) is 14.5. The maximum absolute atomic E-state index is 14.7. The lowest BCUT2D eigenvalue weighted by atomic mass is 9.85. The Labute approximate surface area is 221 Å². The topological polar surface area (TPSA) is 83.9 Å². The molecule has 2 aliphatic rings. The lowest BCUT2D eigenvalue weighted by Crippen LogP contribution is -2.37. The summed E-state index contributed by atoms with van der Waals surface area (Å²) in [7, 11) is 0. The summed E-state index contributed by atoms with van der Waals surface area (Å²) in [6.07, 6.45) is 1.61.